The first kappa shape index (κ1) is 14.0. The van der Waals surface area contributed by atoms with Crippen LogP contribution in [-0.4, -0.2) is 22.0 Å². The number of nitrogens with zero attached hydrogens (tertiary/aromatic N) is 2. The van der Waals surface area contributed by atoms with Crippen molar-refractivity contribution in [2.75, 3.05) is 11.2 Å². The number of hydrogen-bond donors (Lipinski definition) is 1. The van der Waals surface area contributed by atoms with Crippen molar-refractivity contribution >= 4 is 34.0 Å². The van der Waals surface area contributed by atoms with E-state index in [1.165, 1.54) is 16.9 Å². The molecule has 6 heteroatoms. The normalized spacial score (nSPS) is 10.4. The fraction of sp³-hybridized carbons (Fsp3) is 0.308. The van der Waals surface area contributed by atoms with E-state index in [9.17, 15) is 4.79 Å². The molecule has 0 bridgehead atoms. The van der Waals surface area contributed by atoms with Crippen LogP contribution < -0.4 is 5.32 Å². The zero-order valence-corrected chi connectivity index (χ0v) is 12.1. The van der Waals surface area contributed by atoms with Crippen molar-refractivity contribution in [3.05, 3.63) is 29.8 Å². The van der Waals surface area contributed by atoms with Crippen LogP contribution >= 0.6 is 22.9 Å². The number of aromatic nitrogens is 2. The second-order valence-corrected chi connectivity index (χ2v) is 5.29. The zero-order chi connectivity index (χ0) is 13.7. The molecular formula is C13H14ClN3OS. The van der Waals surface area contributed by atoms with Crippen LogP contribution in [0.5, 0.6) is 0 Å². The van der Waals surface area contributed by atoms with Gasteiger partial charge in [0.1, 0.15) is 10.9 Å². The molecule has 19 heavy (non-hydrogen) atoms. The molecule has 0 saturated heterocycles. The van der Waals surface area contributed by atoms with Gasteiger partial charge in [-0.25, -0.2) is 0 Å². The number of alkyl halides is 1. The molecule has 2 aromatic rings. The van der Waals surface area contributed by atoms with Crippen molar-refractivity contribution in [2.45, 2.75) is 19.8 Å². The minimum Gasteiger partial charge on any atom is -0.299 e. The van der Waals surface area contributed by atoms with Crippen LogP contribution in [0.4, 0.5) is 5.13 Å². The Morgan fingerprint density at radius 3 is 2.68 bits per heavy atom. The molecule has 0 aliphatic carbocycles. The average Bonchev–Trinajstić information content (AvgIpc) is 2.88. The van der Waals surface area contributed by atoms with Crippen molar-refractivity contribution in [3.63, 3.8) is 0 Å². The SMILES string of the molecule is CCCc1ccc(-c2nnc(NC(=O)CCl)s2)cc1. The molecule has 0 atom stereocenters. The Balaban J connectivity index is 2.11. The van der Waals surface area contributed by atoms with Crippen LogP contribution in [0.3, 0.4) is 0 Å². The van der Waals surface area contributed by atoms with Crippen molar-refractivity contribution < 1.29 is 4.79 Å². The summed E-state index contributed by atoms with van der Waals surface area (Å²) in [5.41, 5.74) is 2.31. The second-order valence-electron chi connectivity index (χ2n) is 4.04. The van der Waals surface area contributed by atoms with Gasteiger partial charge < -0.3 is 0 Å². The molecule has 1 N–H and O–H groups in total. The Bertz CT molecular complexity index is 553. The summed E-state index contributed by atoms with van der Waals surface area (Å²) in [5.74, 6) is -0.358. The molecule has 0 spiro atoms. The quantitative estimate of drug-likeness (QED) is 0.861. The highest BCUT2D eigenvalue weighted by molar-refractivity contribution is 7.18. The van der Waals surface area contributed by atoms with Crippen molar-refractivity contribution in [1.29, 1.82) is 0 Å². The van der Waals surface area contributed by atoms with Gasteiger partial charge in [-0.05, 0) is 12.0 Å². The van der Waals surface area contributed by atoms with Gasteiger partial charge in [0.05, 0.1) is 0 Å². The molecular weight excluding hydrogens is 282 g/mol. The number of amides is 1. The molecule has 2 rings (SSSR count). The van der Waals surface area contributed by atoms with E-state index < -0.39 is 0 Å². The van der Waals surface area contributed by atoms with E-state index in [-0.39, 0.29) is 11.8 Å². The molecule has 100 valence electrons. The number of anilines is 1. The zero-order valence-electron chi connectivity index (χ0n) is 10.5. The number of rotatable bonds is 5. The Morgan fingerprint density at radius 2 is 2.05 bits per heavy atom. The molecule has 1 amide bonds. The predicted octanol–water partition coefficient (Wildman–Crippen LogP) is 3.33. The smallest absolute Gasteiger partial charge is 0.241 e. The first-order chi connectivity index (χ1) is 9.22. The maximum Gasteiger partial charge on any atom is 0.241 e. The van der Waals surface area contributed by atoms with Crippen LogP contribution in [0.1, 0.15) is 18.9 Å². The molecule has 0 saturated carbocycles. The Morgan fingerprint density at radius 1 is 1.32 bits per heavy atom. The minimum atomic E-state index is -0.275. The van der Waals surface area contributed by atoms with Crippen LogP contribution in [0.2, 0.25) is 0 Å². The van der Waals surface area contributed by atoms with Gasteiger partial charge in [-0.15, -0.1) is 21.8 Å². The number of carbonyl (C=O) groups is 1. The van der Waals surface area contributed by atoms with E-state index in [0.717, 1.165) is 23.4 Å². The summed E-state index contributed by atoms with van der Waals surface area (Å²) < 4.78 is 0. The first-order valence-corrected chi connectivity index (χ1v) is 7.36. The highest BCUT2D eigenvalue weighted by atomic mass is 35.5. The predicted molar refractivity (Wildman–Crippen MR) is 78.7 cm³/mol. The van der Waals surface area contributed by atoms with Gasteiger partial charge in [-0.3, -0.25) is 10.1 Å². The summed E-state index contributed by atoms with van der Waals surface area (Å²) in [6, 6.07) is 8.24. The summed E-state index contributed by atoms with van der Waals surface area (Å²) in [5, 5.41) is 11.8. The third-order valence-corrected chi connectivity index (χ3v) is 3.66. The van der Waals surface area contributed by atoms with Crippen molar-refractivity contribution in [3.8, 4) is 10.6 Å². The molecule has 0 aliphatic rings. The standard InChI is InChI=1S/C13H14ClN3OS/c1-2-3-9-4-6-10(7-5-9)12-16-17-13(19-12)15-11(18)8-14/h4-7H,2-3,8H2,1H3,(H,15,17,18). The lowest BCUT2D eigenvalue weighted by molar-refractivity contribution is -0.113. The largest absolute Gasteiger partial charge is 0.299 e. The fourth-order valence-electron chi connectivity index (χ4n) is 1.65. The van der Waals surface area contributed by atoms with Gasteiger partial charge in [0.15, 0.2) is 0 Å². The number of benzene rings is 1. The molecule has 0 fully saturated rings. The Kier molecular flexibility index (Phi) is 4.87. The lowest BCUT2D eigenvalue weighted by Crippen LogP contribution is -2.12. The van der Waals surface area contributed by atoms with E-state index in [1.54, 1.807) is 0 Å². The van der Waals surface area contributed by atoms with Gasteiger partial charge in [-0.2, -0.15) is 0 Å². The maximum atomic E-state index is 11.1. The van der Waals surface area contributed by atoms with E-state index in [1.807, 2.05) is 12.1 Å². The van der Waals surface area contributed by atoms with Crippen LogP contribution in [0.15, 0.2) is 24.3 Å². The van der Waals surface area contributed by atoms with Crippen LogP contribution in [0, 0.1) is 0 Å². The van der Waals surface area contributed by atoms with Gasteiger partial charge in [0.25, 0.3) is 0 Å². The van der Waals surface area contributed by atoms with Crippen LogP contribution in [0.25, 0.3) is 10.6 Å². The van der Waals surface area contributed by atoms with Gasteiger partial charge in [0.2, 0.25) is 11.0 Å². The summed E-state index contributed by atoms with van der Waals surface area (Å²) in [6.45, 7) is 2.16. The maximum absolute atomic E-state index is 11.1. The Labute approximate surface area is 120 Å². The molecule has 1 aromatic heterocycles. The van der Waals surface area contributed by atoms with Gasteiger partial charge >= 0.3 is 0 Å². The molecule has 0 aliphatic heterocycles. The van der Waals surface area contributed by atoms with Gasteiger partial charge in [0, 0.05) is 5.56 Å². The third kappa shape index (κ3) is 3.75. The fourth-order valence-corrected chi connectivity index (χ4v) is 2.48. The van der Waals surface area contributed by atoms with E-state index in [0.29, 0.717) is 5.13 Å². The first-order valence-electron chi connectivity index (χ1n) is 6.01. The number of halogens is 1. The highest BCUT2D eigenvalue weighted by Crippen LogP contribution is 2.26. The van der Waals surface area contributed by atoms with Crippen LogP contribution in [-0.2, 0) is 11.2 Å². The molecule has 0 radical (unpaired) electrons. The van der Waals surface area contributed by atoms with E-state index >= 15 is 0 Å². The van der Waals surface area contributed by atoms with Crippen molar-refractivity contribution in [1.82, 2.24) is 10.2 Å². The number of hydrogen-bond acceptors (Lipinski definition) is 4. The summed E-state index contributed by atoms with van der Waals surface area (Å²) in [7, 11) is 0. The van der Waals surface area contributed by atoms with E-state index in [2.05, 4.69) is 34.6 Å². The number of nitrogens with one attached hydrogen (secondary N) is 1. The number of aryl methyl sites for hydroxylation is 1. The molecule has 0 unspecified atom stereocenters. The Hall–Kier alpha value is -1.46. The van der Waals surface area contributed by atoms with Crippen molar-refractivity contribution in [2.24, 2.45) is 0 Å². The lowest BCUT2D eigenvalue weighted by Gasteiger charge is -1.99. The van der Waals surface area contributed by atoms with E-state index in [4.69, 9.17) is 11.6 Å². The molecule has 1 aromatic carbocycles. The van der Waals surface area contributed by atoms with Gasteiger partial charge in [-0.1, -0.05) is 48.9 Å². The summed E-state index contributed by atoms with van der Waals surface area (Å²) >= 11 is 6.75. The molecule has 4 nitrogen and oxygen atoms in total. The number of carbonyl (C=O) groups excluding carboxylic acids is 1. The minimum absolute atomic E-state index is 0.0827. The summed E-state index contributed by atoms with van der Waals surface area (Å²) in [4.78, 5) is 11.1. The topological polar surface area (TPSA) is 54.9 Å². The average molecular weight is 296 g/mol. The molecule has 1 heterocycles. The monoisotopic (exact) mass is 295 g/mol. The summed E-state index contributed by atoms with van der Waals surface area (Å²) in [6.07, 6.45) is 2.21. The lowest BCUT2D eigenvalue weighted by atomic mass is 10.1. The second kappa shape index (κ2) is 6.63. The third-order valence-electron chi connectivity index (χ3n) is 2.53. The highest BCUT2D eigenvalue weighted by Gasteiger charge is 2.08.